The molecule has 106 valence electrons. The Morgan fingerprint density at radius 2 is 2.00 bits per heavy atom. The van der Waals surface area contributed by atoms with Crippen LogP contribution in [0.15, 0.2) is 24.3 Å². The van der Waals surface area contributed by atoms with Crippen molar-refractivity contribution < 1.29 is 9.90 Å². The topological polar surface area (TPSA) is 55.1 Å². The zero-order valence-electron chi connectivity index (χ0n) is 12.3. The summed E-state index contributed by atoms with van der Waals surface area (Å²) in [6, 6.07) is 7.94. The van der Waals surface area contributed by atoms with Gasteiger partial charge < -0.3 is 5.11 Å². The molecule has 2 aromatic rings. The van der Waals surface area contributed by atoms with Gasteiger partial charge in [-0.1, -0.05) is 37.6 Å². The number of rotatable bonds is 4. The summed E-state index contributed by atoms with van der Waals surface area (Å²) in [7, 11) is 0. The molecule has 0 spiro atoms. The largest absolute Gasteiger partial charge is 0.476 e. The molecule has 1 aromatic carbocycles. The minimum Gasteiger partial charge on any atom is -0.476 e. The number of aromatic nitrogens is 2. The molecule has 0 unspecified atom stereocenters. The molecule has 0 saturated heterocycles. The zero-order chi connectivity index (χ0) is 14.9. The van der Waals surface area contributed by atoms with Crippen LogP contribution < -0.4 is 0 Å². The van der Waals surface area contributed by atoms with Crippen LogP contribution in [-0.2, 0) is 6.54 Å². The van der Waals surface area contributed by atoms with E-state index in [2.05, 4.69) is 37.1 Å². The average molecular weight is 272 g/mol. The minimum absolute atomic E-state index is 0.110. The molecule has 4 heteroatoms. The fourth-order valence-corrected chi connectivity index (χ4v) is 2.31. The van der Waals surface area contributed by atoms with Crippen LogP contribution in [0.25, 0.3) is 0 Å². The fraction of sp³-hybridized carbons (Fsp3) is 0.375. The smallest absolute Gasteiger partial charge is 0.356 e. The van der Waals surface area contributed by atoms with Crippen molar-refractivity contribution in [3.05, 3.63) is 52.3 Å². The normalized spacial score (nSPS) is 11.1. The first-order valence-corrected chi connectivity index (χ1v) is 6.75. The van der Waals surface area contributed by atoms with Gasteiger partial charge in [0.25, 0.3) is 0 Å². The Hall–Kier alpha value is -2.10. The molecular weight excluding hydrogens is 252 g/mol. The van der Waals surface area contributed by atoms with Crippen molar-refractivity contribution in [1.82, 2.24) is 9.78 Å². The highest BCUT2D eigenvalue weighted by atomic mass is 16.4. The molecule has 2 rings (SSSR count). The van der Waals surface area contributed by atoms with Gasteiger partial charge >= 0.3 is 5.97 Å². The van der Waals surface area contributed by atoms with E-state index in [9.17, 15) is 4.79 Å². The van der Waals surface area contributed by atoms with Gasteiger partial charge in [-0.05, 0) is 37.0 Å². The molecular formula is C16H20N2O2. The lowest BCUT2D eigenvalue weighted by Crippen LogP contribution is -2.09. The summed E-state index contributed by atoms with van der Waals surface area (Å²) in [5.74, 6) is -0.743. The highest BCUT2D eigenvalue weighted by molar-refractivity contribution is 5.85. The van der Waals surface area contributed by atoms with Gasteiger partial charge in [0.1, 0.15) is 0 Å². The van der Waals surface area contributed by atoms with Gasteiger partial charge in [0, 0.05) is 5.69 Å². The second kappa shape index (κ2) is 5.49. The van der Waals surface area contributed by atoms with Crippen molar-refractivity contribution in [2.75, 3.05) is 0 Å². The summed E-state index contributed by atoms with van der Waals surface area (Å²) in [6.07, 6.45) is 0. The van der Waals surface area contributed by atoms with E-state index in [0.29, 0.717) is 6.54 Å². The lowest BCUT2D eigenvalue weighted by molar-refractivity contribution is 0.0689. The molecule has 0 aliphatic carbocycles. The van der Waals surface area contributed by atoms with Crippen molar-refractivity contribution in [2.45, 2.75) is 40.2 Å². The number of carboxylic acid groups (broad SMARTS) is 1. The maximum absolute atomic E-state index is 11.1. The van der Waals surface area contributed by atoms with Crippen LogP contribution in [-0.4, -0.2) is 20.9 Å². The Kier molecular flexibility index (Phi) is 3.93. The Labute approximate surface area is 119 Å². The summed E-state index contributed by atoms with van der Waals surface area (Å²) in [4.78, 5) is 11.1. The third kappa shape index (κ3) is 2.90. The molecule has 0 bridgehead atoms. The van der Waals surface area contributed by atoms with Gasteiger partial charge in [0.05, 0.1) is 6.54 Å². The van der Waals surface area contributed by atoms with Crippen LogP contribution in [0, 0.1) is 13.8 Å². The maximum Gasteiger partial charge on any atom is 0.356 e. The third-order valence-corrected chi connectivity index (χ3v) is 3.44. The molecule has 0 radical (unpaired) electrons. The van der Waals surface area contributed by atoms with Gasteiger partial charge in [0.2, 0.25) is 0 Å². The van der Waals surface area contributed by atoms with Crippen LogP contribution in [0.1, 0.15) is 52.6 Å². The second-order valence-corrected chi connectivity index (χ2v) is 5.50. The summed E-state index contributed by atoms with van der Waals surface area (Å²) >= 11 is 0. The predicted molar refractivity (Wildman–Crippen MR) is 78.3 cm³/mol. The summed E-state index contributed by atoms with van der Waals surface area (Å²) in [6.45, 7) is 8.82. The van der Waals surface area contributed by atoms with Crippen LogP contribution in [0.5, 0.6) is 0 Å². The van der Waals surface area contributed by atoms with Crippen LogP contribution >= 0.6 is 0 Å². The maximum atomic E-state index is 11.1. The van der Waals surface area contributed by atoms with Crippen LogP contribution in [0.3, 0.4) is 0 Å². The number of carbonyl (C=O) groups is 1. The Morgan fingerprint density at radius 3 is 2.55 bits per heavy atom. The van der Waals surface area contributed by atoms with Gasteiger partial charge in [-0.25, -0.2) is 4.79 Å². The first-order valence-electron chi connectivity index (χ1n) is 6.75. The minimum atomic E-state index is -0.980. The van der Waals surface area contributed by atoms with E-state index in [4.69, 9.17) is 5.11 Å². The lowest BCUT2D eigenvalue weighted by atomic mass is 10.1. The molecule has 0 fully saturated rings. The number of benzene rings is 1. The molecule has 0 aliphatic rings. The molecule has 20 heavy (non-hydrogen) atoms. The summed E-state index contributed by atoms with van der Waals surface area (Å²) in [5.41, 5.74) is 4.65. The van der Waals surface area contributed by atoms with E-state index in [1.807, 2.05) is 13.8 Å². The first kappa shape index (κ1) is 14.3. The SMILES string of the molecule is Cc1ccc(Cn2nc(C(=O)O)cc2C(C)C)c(C)c1. The first-order chi connectivity index (χ1) is 9.38. The van der Waals surface area contributed by atoms with E-state index in [1.165, 1.54) is 11.1 Å². The number of hydrogen-bond donors (Lipinski definition) is 1. The number of carboxylic acids is 1. The Balaban J connectivity index is 2.39. The predicted octanol–water partition coefficient (Wildman–Crippen LogP) is 3.37. The van der Waals surface area contributed by atoms with Crippen molar-refractivity contribution in [3.8, 4) is 0 Å². The van der Waals surface area contributed by atoms with Gasteiger partial charge in [-0.15, -0.1) is 0 Å². The van der Waals surface area contributed by atoms with Crippen molar-refractivity contribution in [1.29, 1.82) is 0 Å². The van der Waals surface area contributed by atoms with Crippen LogP contribution in [0.4, 0.5) is 0 Å². The van der Waals surface area contributed by atoms with E-state index in [0.717, 1.165) is 11.3 Å². The molecule has 0 aliphatic heterocycles. The van der Waals surface area contributed by atoms with Crippen molar-refractivity contribution in [3.63, 3.8) is 0 Å². The quantitative estimate of drug-likeness (QED) is 0.928. The molecule has 0 saturated carbocycles. The van der Waals surface area contributed by atoms with E-state index in [-0.39, 0.29) is 11.6 Å². The Morgan fingerprint density at radius 1 is 1.30 bits per heavy atom. The summed E-state index contributed by atoms with van der Waals surface area (Å²) in [5, 5.41) is 13.3. The monoisotopic (exact) mass is 272 g/mol. The fourth-order valence-electron chi connectivity index (χ4n) is 2.31. The number of aromatic carboxylic acids is 1. The molecule has 0 atom stereocenters. The summed E-state index contributed by atoms with van der Waals surface area (Å²) < 4.78 is 1.80. The second-order valence-electron chi connectivity index (χ2n) is 5.50. The third-order valence-electron chi connectivity index (χ3n) is 3.44. The van der Waals surface area contributed by atoms with Gasteiger partial charge in [0.15, 0.2) is 5.69 Å². The highest BCUT2D eigenvalue weighted by Crippen LogP contribution is 2.19. The standard InChI is InChI=1S/C16H20N2O2/c1-10(2)15-8-14(16(19)20)17-18(15)9-13-6-5-11(3)7-12(13)4/h5-8,10H,9H2,1-4H3,(H,19,20). The number of nitrogens with zero attached hydrogens (tertiary/aromatic N) is 2. The highest BCUT2D eigenvalue weighted by Gasteiger charge is 2.16. The molecule has 1 N–H and O–H groups in total. The van der Waals surface area contributed by atoms with Crippen molar-refractivity contribution in [2.24, 2.45) is 0 Å². The molecule has 1 heterocycles. The molecule has 1 aromatic heterocycles. The average Bonchev–Trinajstić information content (AvgIpc) is 2.77. The Bertz CT molecular complexity index is 642. The lowest BCUT2D eigenvalue weighted by Gasteiger charge is -2.12. The van der Waals surface area contributed by atoms with Gasteiger partial charge in [-0.3, -0.25) is 4.68 Å². The van der Waals surface area contributed by atoms with E-state index < -0.39 is 5.97 Å². The van der Waals surface area contributed by atoms with Gasteiger partial charge in [-0.2, -0.15) is 5.10 Å². The number of hydrogen-bond acceptors (Lipinski definition) is 2. The van der Waals surface area contributed by atoms with E-state index in [1.54, 1.807) is 10.7 Å². The molecule has 4 nitrogen and oxygen atoms in total. The van der Waals surface area contributed by atoms with E-state index >= 15 is 0 Å². The van der Waals surface area contributed by atoms with Crippen LogP contribution in [0.2, 0.25) is 0 Å². The zero-order valence-corrected chi connectivity index (χ0v) is 12.3. The molecule has 0 amide bonds. The van der Waals surface area contributed by atoms with Crippen molar-refractivity contribution >= 4 is 5.97 Å². The number of aryl methyl sites for hydroxylation is 2.